The van der Waals surface area contributed by atoms with Gasteiger partial charge in [-0.2, -0.15) is 0 Å². The van der Waals surface area contributed by atoms with Crippen molar-refractivity contribution in [3.63, 3.8) is 0 Å². The van der Waals surface area contributed by atoms with Gasteiger partial charge in [-0.3, -0.25) is 0 Å². The van der Waals surface area contributed by atoms with Gasteiger partial charge in [0.2, 0.25) is 0 Å². The van der Waals surface area contributed by atoms with E-state index < -0.39 is 17.5 Å². The fraction of sp³-hybridized carbons (Fsp3) is 0.167. The van der Waals surface area contributed by atoms with Gasteiger partial charge in [-0.15, -0.1) is 0 Å². The molecule has 0 saturated carbocycles. The molecule has 0 saturated heterocycles. The molecule has 1 aromatic heterocycles. The van der Waals surface area contributed by atoms with Crippen LogP contribution in [0.4, 0.5) is 13.2 Å². The minimum Gasteiger partial charge on any atom is -0.378 e. The monoisotopic (exact) mass is 364 g/mol. The quantitative estimate of drug-likeness (QED) is 0.657. The van der Waals surface area contributed by atoms with Crippen LogP contribution >= 0.6 is 28.1 Å². The summed E-state index contributed by atoms with van der Waals surface area (Å²) in [6, 6.07) is 1.69. The number of aromatic amines is 1. The van der Waals surface area contributed by atoms with Gasteiger partial charge in [0.05, 0.1) is 16.8 Å². The second kappa shape index (κ2) is 6.02. The predicted octanol–water partition coefficient (Wildman–Crippen LogP) is 4.13. The summed E-state index contributed by atoms with van der Waals surface area (Å²) in [6.07, 6.45) is 0. The predicted molar refractivity (Wildman–Crippen MR) is 73.1 cm³/mol. The maximum Gasteiger partial charge on any atom is 0.194 e. The second-order valence-corrected chi connectivity index (χ2v) is 5.05. The van der Waals surface area contributed by atoms with E-state index in [1.54, 1.807) is 0 Å². The van der Waals surface area contributed by atoms with Crippen molar-refractivity contribution in [2.45, 2.75) is 6.61 Å². The number of halogens is 4. The highest BCUT2D eigenvalue weighted by atomic mass is 79.9. The average molecular weight is 365 g/mol. The summed E-state index contributed by atoms with van der Waals surface area (Å²) in [5, 5.41) is 0. The minimum atomic E-state index is -1.53. The van der Waals surface area contributed by atoms with Gasteiger partial charge in [0.1, 0.15) is 10.5 Å². The first-order chi connectivity index (χ1) is 9.43. The lowest BCUT2D eigenvalue weighted by Crippen LogP contribution is -2.01. The zero-order valence-corrected chi connectivity index (χ0v) is 12.5. The third-order valence-corrected chi connectivity index (χ3v) is 3.89. The van der Waals surface area contributed by atoms with Crippen molar-refractivity contribution < 1.29 is 17.9 Å². The lowest BCUT2D eigenvalue weighted by atomic mass is 10.2. The molecular weight excluding hydrogens is 357 g/mol. The van der Waals surface area contributed by atoms with Crippen LogP contribution in [0.5, 0.6) is 0 Å². The van der Waals surface area contributed by atoms with Crippen LogP contribution in [0.3, 0.4) is 0 Å². The molecule has 0 aliphatic carbocycles. The maximum absolute atomic E-state index is 13.2. The lowest BCUT2D eigenvalue weighted by Gasteiger charge is -2.08. The van der Waals surface area contributed by atoms with Crippen LogP contribution in [-0.4, -0.2) is 17.1 Å². The van der Waals surface area contributed by atoms with Gasteiger partial charge >= 0.3 is 0 Å². The van der Waals surface area contributed by atoms with Crippen molar-refractivity contribution in [3.8, 4) is 11.4 Å². The number of hydrogen-bond acceptors (Lipinski definition) is 3. The molecule has 20 heavy (non-hydrogen) atoms. The van der Waals surface area contributed by atoms with Gasteiger partial charge < -0.3 is 9.72 Å². The van der Waals surface area contributed by atoms with Crippen LogP contribution in [0.1, 0.15) is 5.69 Å². The fourth-order valence-corrected chi connectivity index (χ4v) is 2.09. The summed E-state index contributed by atoms with van der Waals surface area (Å²) in [6.45, 7) is 0.200. The summed E-state index contributed by atoms with van der Waals surface area (Å²) >= 11 is 8.28. The standard InChI is InChI=1S/C12H8BrF3N2OS/c1-19-4-8-9(13)12(20)18-11(17-8)5-2-6(14)10(16)7(15)3-5/h2-3H,4H2,1H3,(H,17,18,20). The molecule has 0 fully saturated rings. The number of rotatable bonds is 3. The zero-order valence-electron chi connectivity index (χ0n) is 10.1. The Morgan fingerprint density at radius 2 is 1.90 bits per heavy atom. The third-order valence-electron chi connectivity index (χ3n) is 2.48. The number of methoxy groups -OCH3 is 1. The minimum absolute atomic E-state index is 0.0531. The molecule has 1 aromatic carbocycles. The van der Waals surface area contributed by atoms with E-state index in [1.165, 1.54) is 7.11 Å². The van der Waals surface area contributed by atoms with Crippen LogP contribution in [-0.2, 0) is 11.3 Å². The van der Waals surface area contributed by atoms with Gasteiger partial charge in [0, 0.05) is 12.7 Å². The second-order valence-electron chi connectivity index (χ2n) is 3.87. The molecule has 1 heterocycles. The first kappa shape index (κ1) is 15.1. The van der Waals surface area contributed by atoms with Crippen LogP contribution in [0.2, 0.25) is 0 Å². The Hall–Kier alpha value is -1.25. The molecule has 0 aliphatic heterocycles. The molecule has 106 valence electrons. The van der Waals surface area contributed by atoms with E-state index in [0.717, 1.165) is 12.1 Å². The van der Waals surface area contributed by atoms with Gasteiger partial charge in [-0.1, -0.05) is 12.2 Å². The van der Waals surface area contributed by atoms with Crippen molar-refractivity contribution >= 4 is 28.1 Å². The first-order valence-corrected chi connectivity index (χ1v) is 6.56. The normalized spacial score (nSPS) is 10.8. The van der Waals surface area contributed by atoms with E-state index >= 15 is 0 Å². The van der Waals surface area contributed by atoms with E-state index in [2.05, 4.69) is 25.9 Å². The summed E-state index contributed by atoms with van der Waals surface area (Å²) in [5.74, 6) is -3.99. The number of nitrogens with one attached hydrogen (secondary N) is 1. The smallest absolute Gasteiger partial charge is 0.194 e. The molecule has 0 unspecified atom stereocenters. The Kier molecular flexibility index (Phi) is 4.56. The Bertz CT molecular complexity index is 697. The summed E-state index contributed by atoms with van der Waals surface area (Å²) in [5.41, 5.74) is 0.616. The van der Waals surface area contributed by atoms with E-state index in [4.69, 9.17) is 17.0 Å². The molecule has 0 radical (unpaired) electrons. The number of ether oxygens (including phenoxy) is 1. The fourth-order valence-electron chi connectivity index (χ4n) is 1.58. The van der Waals surface area contributed by atoms with Crippen molar-refractivity contribution in [1.82, 2.24) is 9.97 Å². The molecule has 2 aromatic rings. The Labute approximate surface area is 125 Å². The summed E-state index contributed by atoms with van der Waals surface area (Å²) < 4.78 is 45.1. The molecule has 0 bridgehead atoms. The molecule has 0 aliphatic rings. The number of H-pyrrole nitrogens is 1. The average Bonchev–Trinajstić information content (AvgIpc) is 2.40. The highest BCUT2D eigenvalue weighted by Crippen LogP contribution is 2.24. The van der Waals surface area contributed by atoms with Gasteiger partial charge in [-0.25, -0.2) is 18.2 Å². The molecule has 0 spiro atoms. The maximum atomic E-state index is 13.2. The van der Waals surface area contributed by atoms with Crippen LogP contribution in [0.15, 0.2) is 16.6 Å². The molecular formula is C12H8BrF3N2OS. The van der Waals surface area contributed by atoms with Crippen LogP contribution in [0.25, 0.3) is 11.4 Å². The van der Waals surface area contributed by atoms with Gasteiger partial charge in [0.15, 0.2) is 17.5 Å². The Balaban J connectivity index is 2.61. The number of nitrogens with zero attached hydrogens (tertiary/aromatic N) is 1. The van der Waals surface area contributed by atoms with Crippen LogP contribution < -0.4 is 0 Å². The number of aromatic nitrogens is 2. The Morgan fingerprint density at radius 1 is 1.30 bits per heavy atom. The van der Waals surface area contributed by atoms with Gasteiger partial charge in [-0.05, 0) is 28.1 Å². The molecule has 0 amide bonds. The zero-order chi connectivity index (χ0) is 14.9. The number of benzene rings is 1. The largest absolute Gasteiger partial charge is 0.378 e. The molecule has 8 heteroatoms. The van der Waals surface area contributed by atoms with Crippen molar-refractivity contribution in [2.75, 3.05) is 7.11 Å². The van der Waals surface area contributed by atoms with E-state index in [9.17, 15) is 13.2 Å². The van der Waals surface area contributed by atoms with E-state index in [1.807, 2.05) is 0 Å². The molecule has 0 atom stereocenters. The SMILES string of the molecule is COCc1[nH]c(-c2cc(F)c(F)c(F)c2)nc(=S)c1Br. The number of hydrogen-bond donors (Lipinski definition) is 1. The highest BCUT2D eigenvalue weighted by molar-refractivity contribution is 9.10. The summed E-state index contributed by atoms with van der Waals surface area (Å²) in [4.78, 5) is 6.84. The lowest BCUT2D eigenvalue weighted by molar-refractivity contribution is 0.181. The van der Waals surface area contributed by atoms with Crippen molar-refractivity contribution in [2.24, 2.45) is 0 Å². The van der Waals surface area contributed by atoms with Crippen molar-refractivity contribution in [1.29, 1.82) is 0 Å². The van der Waals surface area contributed by atoms with Crippen LogP contribution in [0, 0.1) is 22.1 Å². The molecule has 1 N–H and O–H groups in total. The third kappa shape index (κ3) is 2.92. The molecule has 2 rings (SSSR count). The summed E-state index contributed by atoms with van der Waals surface area (Å²) in [7, 11) is 1.49. The van der Waals surface area contributed by atoms with E-state index in [-0.39, 0.29) is 22.6 Å². The van der Waals surface area contributed by atoms with Gasteiger partial charge in [0.25, 0.3) is 0 Å². The topological polar surface area (TPSA) is 37.9 Å². The van der Waals surface area contributed by atoms with E-state index in [0.29, 0.717) is 10.2 Å². The first-order valence-electron chi connectivity index (χ1n) is 5.36. The van der Waals surface area contributed by atoms with Crippen molar-refractivity contribution in [3.05, 3.63) is 44.4 Å². The Morgan fingerprint density at radius 3 is 2.45 bits per heavy atom. The highest BCUT2D eigenvalue weighted by Gasteiger charge is 2.14. The molecule has 3 nitrogen and oxygen atoms in total.